The first-order valence-corrected chi connectivity index (χ1v) is 7.48. The van der Waals surface area contributed by atoms with E-state index in [9.17, 15) is 5.11 Å². The molecule has 0 saturated heterocycles. The summed E-state index contributed by atoms with van der Waals surface area (Å²) in [5.74, 6) is 0. The minimum atomic E-state index is -0.393. The average molecular weight is 324 g/mol. The van der Waals surface area contributed by atoms with Gasteiger partial charge in [0.1, 0.15) is 31.9 Å². The fourth-order valence-corrected chi connectivity index (χ4v) is 2.51. The van der Waals surface area contributed by atoms with E-state index in [-0.39, 0.29) is 26.3 Å². The second kappa shape index (κ2) is 9.77. The summed E-state index contributed by atoms with van der Waals surface area (Å²) in [6.45, 7) is 0.569. The third-order valence-corrected chi connectivity index (χ3v) is 3.58. The number of hydrogen-bond donors (Lipinski definition) is 1. The standard InChI is InChI=1S/C17H24O6/c1-19-11-22-15-8-14(9-18)16(17(15)23-12-20-2)21-10-13-6-4-3-5-7-13/h3-8,15-18H,9-12H2,1-2H3/t15-,16-,17+/m0/s1. The van der Waals surface area contributed by atoms with Crippen molar-refractivity contribution < 1.29 is 28.8 Å². The van der Waals surface area contributed by atoms with Crippen LogP contribution in [0.1, 0.15) is 5.56 Å². The van der Waals surface area contributed by atoms with Crippen LogP contribution in [-0.4, -0.2) is 57.8 Å². The van der Waals surface area contributed by atoms with E-state index in [4.69, 9.17) is 23.7 Å². The Balaban J connectivity index is 2.04. The van der Waals surface area contributed by atoms with Gasteiger partial charge in [0.2, 0.25) is 0 Å². The first-order valence-electron chi connectivity index (χ1n) is 7.48. The minimum Gasteiger partial charge on any atom is -0.392 e. The molecule has 3 atom stereocenters. The molecule has 6 nitrogen and oxygen atoms in total. The lowest BCUT2D eigenvalue weighted by Crippen LogP contribution is -2.38. The smallest absolute Gasteiger partial charge is 0.147 e. The fraction of sp³-hybridized carbons (Fsp3) is 0.529. The van der Waals surface area contributed by atoms with E-state index < -0.39 is 12.2 Å². The maximum atomic E-state index is 9.60. The van der Waals surface area contributed by atoms with Crippen LogP contribution >= 0.6 is 0 Å². The van der Waals surface area contributed by atoms with Gasteiger partial charge in [0.15, 0.2) is 0 Å². The Morgan fingerprint density at radius 1 is 0.957 bits per heavy atom. The van der Waals surface area contributed by atoms with Gasteiger partial charge < -0.3 is 28.8 Å². The molecule has 0 saturated carbocycles. The highest BCUT2D eigenvalue weighted by Crippen LogP contribution is 2.28. The molecular weight excluding hydrogens is 300 g/mol. The molecule has 0 amide bonds. The van der Waals surface area contributed by atoms with Crippen LogP contribution in [0, 0.1) is 0 Å². The lowest BCUT2D eigenvalue weighted by atomic mass is 10.1. The Kier molecular flexibility index (Phi) is 7.67. The highest BCUT2D eigenvalue weighted by atomic mass is 16.7. The molecular formula is C17H24O6. The summed E-state index contributed by atoms with van der Waals surface area (Å²) in [6.07, 6.45) is 0.691. The second-order valence-corrected chi connectivity index (χ2v) is 5.19. The molecule has 0 bridgehead atoms. The van der Waals surface area contributed by atoms with Crippen molar-refractivity contribution in [1.82, 2.24) is 0 Å². The molecule has 1 aromatic rings. The van der Waals surface area contributed by atoms with Gasteiger partial charge >= 0.3 is 0 Å². The maximum absolute atomic E-state index is 9.60. The third kappa shape index (κ3) is 5.10. The van der Waals surface area contributed by atoms with E-state index in [1.54, 1.807) is 14.2 Å². The van der Waals surface area contributed by atoms with E-state index in [1.807, 2.05) is 36.4 Å². The number of benzene rings is 1. The molecule has 1 aliphatic carbocycles. The van der Waals surface area contributed by atoms with Crippen molar-refractivity contribution in [2.75, 3.05) is 34.4 Å². The molecule has 2 rings (SSSR count). The largest absolute Gasteiger partial charge is 0.392 e. The molecule has 23 heavy (non-hydrogen) atoms. The predicted octanol–water partition coefficient (Wildman–Crippen LogP) is 1.48. The third-order valence-electron chi connectivity index (χ3n) is 3.58. The molecule has 0 aromatic heterocycles. The van der Waals surface area contributed by atoms with Gasteiger partial charge in [0.25, 0.3) is 0 Å². The van der Waals surface area contributed by atoms with Crippen LogP contribution < -0.4 is 0 Å². The summed E-state index contributed by atoms with van der Waals surface area (Å²) in [5.41, 5.74) is 1.79. The number of aliphatic hydroxyl groups is 1. The van der Waals surface area contributed by atoms with Crippen molar-refractivity contribution in [2.45, 2.75) is 24.9 Å². The van der Waals surface area contributed by atoms with Crippen LogP contribution in [0.2, 0.25) is 0 Å². The van der Waals surface area contributed by atoms with Crippen molar-refractivity contribution in [3.63, 3.8) is 0 Å². The Bertz CT molecular complexity index is 475. The molecule has 6 heteroatoms. The van der Waals surface area contributed by atoms with Crippen LogP contribution in [0.3, 0.4) is 0 Å². The second-order valence-electron chi connectivity index (χ2n) is 5.19. The normalized spacial score (nSPS) is 24.0. The zero-order chi connectivity index (χ0) is 16.5. The quantitative estimate of drug-likeness (QED) is 0.519. The van der Waals surface area contributed by atoms with Crippen molar-refractivity contribution in [3.8, 4) is 0 Å². The first kappa shape index (κ1) is 18.1. The molecule has 128 valence electrons. The molecule has 0 radical (unpaired) electrons. The number of rotatable bonds is 10. The molecule has 1 N–H and O–H groups in total. The molecule has 0 fully saturated rings. The molecule has 0 unspecified atom stereocenters. The van der Waals surface area contributed by atoms with Gasteiger partial charge in [-0.15, -0.1) is 0 Å². The Morgan fingerprint density at radius 2 is 1.65 bits per heavy atom. The molecule has 0 aliphatic heterocycles. The molecule has 0 heterocycles. The summed E-state index contributed by atoms with van der Waals surface area (Å²) >= 11 is 0. The minimum absolute atomic E-state index is 0.112. The number of aliphatic hydroxyl groups excluding tert-OH is 1. The SMILES string of the molecule is COCO[C@@H]1[C@@H](OCOC)C=C(CO)[C@@H]1OCc1ccccc1. The number of methoxy groups -OCH3 is 2. The summed E-state index contributed by atoms with van der Waals surface area (Å²) in [5, 5.41) is 9.60. The van der Waals surface area contributed by atoms with Gasteiger partial charge in [-0.25, -0.2) is 0 Å². The highest BCUT2D eigenvalue weighted by Gasteiger charge is 2.39. The van der Waals surface area contributed by atoms with Crippen molar-refractivity contribution in [3.05, 3.63) is 47.5 Å². The summed E-state index contributed by atoms with van der Waals surface area (Å²) in [4.78, 5) is 0. The van der Waals surface area contributed by atoms with Gasteiger partial charge in [0.05, 0.1) is 13.2 Å². The summed E-state index contributed by atoms with van der Waals surface area (Å²) < 4.78 is 27.2. The Hall–Kier alpha value is -1.28. The van der Waals surface area contributed by atoms with Crippen LogP contribution in [0.25, 0.3) is 0 Å². The highest BCUT2D eigenvalue weighted by molar-refractivity contribution is 5.24. The van der Waals surface area contributed by atoms with Crippen LogP contribution in [0.4, 0.5) is 0 Å². The van der Waals surface area contributed by atoms with E-state index in [1.165, 1.54) is 0 Å². The summed E-state index contributed by atoms with van der Waals surface area (Å²) in [6, 6.07) is 9.85. The summed E-state index contributed by atoms with van der Waals surface area (Å²) in [7, 11) is 3.11. The monoisotopic (exact) mass is 324 g/mol. The lowest BCUT2D eigenvalue weighted by molar-refractivity contribution is -0.169. The maximum Gasteiger partial charge on any atom is 0.147 e. The van der Waals surface area contributed by atoms with E-state index in [0.717, 1.165) is 11.1 Å². The van der Waals surface area contributed by atoms with Crippen LogP contribution in [0.15, 0.2) is 42.0 Å². The van der Waals surface area contributed by atoms with Gasteiger partial charge in [-0.1, -0.05) is 30.3 Å². The van der Waals surface area contributed by atoms with Crippen molar-refractivity contribution in [1.29, 1.82) is 0 Å². The van der Waals surface area contributed by atoms with Gasteiger partial charge in [0, 0.05) is 14.2 Å². The zero-order valence-electron chi connectivity index (χ0n) is 13.5. The zero-order valence-corrected chi connectivity index (χ0v) is 13.5. The van der Waals surface area contributed by atoms with Gasteiger partial charge in [-0.2, -0.15) is 0 Å². The van der Waals surface area contributed by atoms with Gasteiger partial charge in [-0.3, -0.25) is 0 Å². The van der Waals surface area contributed by atoms with Gasteiger partial charge in [-0.05, 0) is 17.2 Å². The molecule has 0 spiro atoms. The Morgan fingerprint density at radius 3 is 2.30 bits per heavy atom. The van der Waals surface area contributed by atoms with E-state index >= 15 is 0 Å². The van der Waals surface area contributed by atoms with Crippen molar-refractivity contribution >= 4 is 0 Å². The topological polar surface area (TPSA) is 66.4 Å². The fourth-order valence-electron chi connectivity index (χ4n) is 2.51. The predicted molar refractivity (Wildman–Crippen MR) is 83.7 cm³/mol. The number of hydrogen-bond acceptors (Lipinski definition) is 6. The van der Waals surface area contributed by atoms with Crippen LogP contribution in [-0.2, 0) is 30.3 Å². The number of ether oxygens (including phenoxy) is 5. The average Bonchev–Trinajstić information content (AvgIpc) is 2.93. The first-order chi connectivity index (χ1) is 11.3. The molecule has 1 aromatic carbocycles. The van der Waals surface area contributed by atoms with E-state index in [0.29, 0.717) is 6.61 Å². The van der Waals surface area contributed by atoms with Crippen molar-refractivity contribution in [2.24, 2.45) is 0 Å². The lowest BCUT2D eigenvalue weighted by Gasteiger charge is -2.26. The molecule has 1 aliphatic rings. The van der Waals surface area contributed by atoms with E-state index in [2.05, 4.69) is 0 Å². The van der Waals surface area contributed by atoms with Crippen LogP contribution in [0.5, 0.6) is 0 Å². The Labute approximate surface area is 136 Å².